The van der Waals surface area contributed by atoms with Gasteiger partial charge in [0.05, 0.1) is 25.8 Å². The van der Waals surface area contributed by atoms with Crippen molar-refractivity contribution in [3.05, 3.63) is 70.8 Å². The summed E-state index contributed by atoms with van der Waals surface area (Å²) in [6.07, 6.45) is 2.23. The molecule has 6 nitrogen and oxygen atoms in total. The normalized spacial score (nSPS) is 10.9. The summed E-state index contributed by atoms with van der Waals surface area (Å²) in [7, 11) is 1.62. The molecule has 0 fully saturated rings. The second-order valence-electron chi connectivity index (χ2n) is 6.56. The highest BCUT2D eigenvalue weighted by Gasteiger charge is 2.12. The molecule has 4 rings (SSSR count). The quantitative estimate of drug-likeness (QED) is 0.410. The summed E-state index contributed by atoms with van der Waals surface area (Å²) in [5.74, 6) is 1.45. The van der Waals surface area contributed by atoms with Gasteiger partial charge in [0.25, 0.3) is 0 Å². The maximum atomic E-state index is 12.3. The lowest BCUT2D eigenvalue weighted by molar-refractivity contribution is -0.120. The molecule has 0 saturated heterocycles. The monoisotopic (exact) mass is 441 g/mol. The number of hydrogen-bond donors (Lipinski definition) is 1. The van der Waals surface area contributed by atoms with Crippen LogP contribution in [-0.4, -0.2) is 35.6 Å². The first-order valence-corrected chi connectivity index (χ1v) is 10.6. The van der Waals surface area contributed by atoms with Gasteiger partial charge in [0.15, 0.2) is 4.96 Å². The standard InChI is InChI=1S/C22H20ClN3O3S/c1-28-18-6-8-19(9-7-18)29-11-10-24-21(27)12-17-14-30-22-25-20(13-26(17)22)15-2-4-16(23)5-3-15/h2-9,13-14H,10-12H2,1H3,(H,24,27). The smallest absolute Gasteiger partial charge is 0.226 e. The molecular formula is C22H20ClN3O3S. The molecule has 0 atom stereocenters. The van der Waals surface area contributed by atoms with Gasteiger partial charge in [-0.1, -0.05) is 23.7 Å². The predicted molar refractivity (Wildman–Crippen MR) is 119 cm³/mol. The van der Waals surface area contributed by atoms with Crippen molar-refractivity contribution >= 4 is 33.8 Å². The first-order valence-electron chi connectivity index (χ1n) is 9.37. The van der Waals surface area contributed by atoms with Gasteiger partial charge in [-0.05, 0) is 36.4 Å². The Labute approximate surface area is 183 Å². The van der Waals surface area contributed by atoms with Crippen molar-refractivity contribution < 1.29 is 14.3 Å². The number of ether oxygens (including phenoxy) is 2. The van der Waals surface area contributed by atoms with Gasteiger partial charge in [-0.2, -0.15) is 0 Å². The topological polar surface area (TPSA) is 64.9 Å². The summed E-state index contributed by atoms with van der Waals surface area (Å²) in [4.78, 5) is 17.8. The number of hydrogen-bond acceptors (Lipinski definition) is 5. The van der Waals surface area contributed by atoms with Gasteiger partial charge in [-0.15, -0.1) is 11.3 Å². The molecule has 154 valence electrons. The van der Waals surface area contributed by atoms with E-state index >= 15 is 0 Å². The highest BCUT2D eigenvalue weighted by atomic mass is 35.5. The van der Waals surface area contributed by atoms with Gasteiger partial charge in [-0.3, -0.25) is 9.20 Å². The van der Waals surface area contributed by atoms with Gasteiger partial charge < -0.3 is 14.8 Å². The number of rotatable bonds is 8. The minimum Gasteiger partial charge on any atom is -0.497 e. The van der Waals surface area contributed by atoms with Gasteiger partial charge in [0.1, 0.15) is 18.1 Å². The molecule has 0 aliphatic rings. The van der Waals surface area contributed by atoms with Crippen LogP contribution < -0.4 is 14.8 Å². The van der Waals surface area contributed by atoms with Gasteiger partial charge in [-0.25, -0.2) is 4.98 Å². The number of nitrogens with zero attached hydrogens (tertiary/aromatic N) is 2. The third-order valence-corrected chi connectivity index (χ3v) is 5.66. The van der Waals surface area contributed by atoms with Gasteiger partial charge in [0, 0.05) is 27.9 Å². The van der Waals surface area contributed by atoms with Gasteiger partial charge in [0.2, 0.25) is 5.91 Å². The van der Waals surface area contributed by atoms with Crippen molar-refractivity contribution in [2.24, 2.45) is 0 Å². The van der Waals surface area contributed by atoms with E-state index in [2.05, 4.69) is 10.3 Å². The van der Waals surface area contributed by atoms with E-state index in [1.54, 1.807) is 7.11 Å². The molecule has 2 heterocycles. The molecule has 1 N–H and O–H groups in total. The molecule has 0 unspecified atom stereocenters. The second-order valence-corrected chi connectivity index (χ2v) is 7.84. The van der Waals surface area contributed by atoms with Crippen LogP contribution in [-0.2, 0) is 11.2 Å². The predicted octanol–water partition coefficient (Wildman–Crippen LogP) is 4.46. The molecular weight excluding hydrogens is 422 g/mol. The first-order chi connectivity index (χ1) is 14.6. The number of methoxy groups -OCH3 is 1. The zero-order valence-corrected chi connectivity index (χ0v) is 17.9. The zero-order chi connectivity index (χ0) is 20.9. The van der Waals surface area contributed by atoms with Crippen LogP contribution in [0.25, 0.3) is 16.2 Å². The lowest BCUT2D eigenvalue weighted by Crippen LogP contribution is -2.29. The van der Waals surface area contributed by atoms with Crippen LogP contribution in [0, 0.1) is 0 Å². The highest BCUT2D eigenvalue weighted by molar-refractivity contribution is 7.15. The summed E-state index contributed by atoms with van der Waals surface area (Å²) in [5, 5.41) is 5.54. The first kappa shape index (κ1) is 20.3. The van der Waals surface area contributed by atoms with E-state index in [9.17, 15) is 4.79 Å². The molecule has 2 aromatic carbocycles. The summed E-state index contributed by atoms with van der Waals surface area (Å²) >= 11 is 7.47. The fourth-order valence-electron chi connectivity index (χ4n) is 2.97. The number of nitrogens with one attached hydrogen (secondary N) is 1. The van der Waals surface area contributed by atoms with Crippen LogP contribution in [0.2, 0.25) is 5.02 Å². The molecule has 4 aromatic rings. The van der Waals surface area contributed by atoms with Crippen LogP contribution in [0.15, 0.2) is 60.1 Å². The Balaban J connectivity index is 1.31. The Kier molecular flexibility index (Phi) is 6.21. The Morgan fingerprint density at radius 1 is 1.13 bits per heavy atom. The minimum atomic E-state index is -0.0604. The number of thiazole rings is 1. The van der Waals surface area contributed by atoms with Crippen LogP contribution >= 0.6 is 22.9 Å². The molecule has 0 spiro atoms. The zero-order valence-electron chi connectivity index (χ0n) is 16.3. The molecule has 0 radical (unpaired) electrons. The average Bonchev–Trinajstić information content (AvgIpc) is 3.34. The maximum Gasteiger partial charge on any atom is 0.226 e. The third-order valence-electron chi connectivity index (χ3n) is 4.52. The maximum absolute atomic E-state index is 12.3. The average molecular weight is 442 g/mol. The van der Waals surface area contributed by atoms with E-state index < -0.39 is 0 Å². The molecule has 1 amide bonds. The number of benzene rings is 2. The Hall–Kier alpha value is -3.03. The van der Waals surface area contributed by atoms with E-state index in [0.717, 1.165) is 33.4 Å². The molecule has 8 heteroatoms. The number of carbonyl (C=O) groups excluding carboxylic acids is 1. The van der Waals surface area contributed by atoms with E-state index in [0.29, 0.717) is 18.2 Å². The molecule has 2 aromatic heterocycles. The summed E-state index contributed by atoms with van der Waals surface area (Å²) in [6.45, 7) is 0.820. The lowest BCUT2D eigenvalue weighted by atomic mass is 10.2. The summed E-state index contributed by atoms with van der Waals surface area (Å²) in [5.41, 5.74) is 2.74. The largest absolute Gasteiger partial charge is 0.497 e. The Morgan fingerprint density at radius 2 is 1.87 bits per heavy atom. The number of amides is 1. The summed E-state index contributed by atoms with van der Waals surface area (Å²) < 4.78 is 12.7. The van der Waals surface area contributed by atoms with Crippen molar-refractivity contribution in [3.8, 4) is 22.8 Å². The Bertz CT molecular complexity index is 1140. The Morgan fingerprint density at radius 3 is 2.60 bits per heavy atom. The fourth-order valence-corrected chi connectivity index (χ4v) is 3.97. The van der Waals surface area contributed by atoms with Crippen molar-refractivity contribution in [1.82, 2.24) is 14.7 Å². The van der Waals surface area contributed by atoms with Gasteiger partial charge >= 0.3 is 0 Å². The lowest BCUT2D eigenvalue weighted by Gasteiger charge is -2.08. The van der Waals surface area contributed by atoms with Crippen LogP contribution in [0.4, 0.5) is 0 Å². The van der Waals surface area contributed by atoms with Crippen molar-refractivity contribution in [1.29, 1.82) is 0 Å². The van der Waals surface area contributed by atoms with Crippen LogP contribution in [0.1, 0.15) is 5.69 Å². The number of aromatic nitrogens is 2. The number of imidazole rings is 1. The number of fused-ring (bicyclic) bond motifs is 1. The number of halogens is 1. The molecule has 0 bridgehead atoms. The SMILES string of the molecule is COc1ccc(OCCNC(=O)Cc2csc3nc(-c4ccc(Cl)cc4)cn23)cc1. The van der Waals surface area contributed by atoms with E-state index in [1.165, 1.54) is 11.3 Å². The molecule has 0 saturated carbocycles. The van der Waals surface area contributed by atoms with Crippen LogP contribution in [0.5, 0.6) is 11.5 Å². The van der Waals surface area contributed by atoms with E-state index in [4.69, 9.17) is 21.1 Å². The minimum absolute atomic E-state index is 0.0604. The molecule has 0 aliphatic heterocycles. The summed E-state index contributed by atoms with van der Waals surface area (Å²) in [6, 6.07) is 14.9. The third kappa shape index (κ3) is 4.75. The number of carbonyl (C=O) groups is 1. The van der Waals surface area contributed by atoms with E-state index in [-0.39, 0.29) is 12.3 Å². The molecule has 0 aliphatic carbocycles. The van der Waals surface area contributed by atoms with Crippen molar-refractivity contribution in [2.45, 2.75) is 6.42 Å². The van der Waals surface area contributed by atoms with Crippen LogP contribution in [0.3, 0.4) is 0 Å². The fraction of sp³-hybridized carbons (Fsp3) is 0.182. The van der Waals surface area contributed by atoms with Crippen molar-refractivity contribution in [2.75, 3.05) is 20.3 Å². The van der Waals surface area contributed by atoms with Crippen molar-refractivity contribution in [3.63, 3.8) is 0 Å². The molecule has 30 heavy (non-hydrogen) atoms. The second kappa shape index (κ2) is 9.19. The van der Waals surface area contributed by atoms with E-state index in [1.807, 2.05) is 64.5 Å². The highest BCUT2D eigenvalue weighted by Crippen LogP contribution is 2.25.